The lowest BCUT2D eigenvalue weighted by Crippen LogP contribution is -2.53. The molecule has 1 rings (SSSR count). The molecule has 0 amide bonds. The number of unbranched alkanes of at least 4 members (excludes halogenated alkanes) is 1. The van der Waals surface area contributed by atoms with Gasteiger partial charge in [0.15, 0.2) is 0 Å². The quantitative estimate of drug-likeness (QED) is 0.448. The van der Waals surface area contributed by atoms with Crippen molar-refractivity contribution >= 4 is 11.9 Å². The standard InChI is InChI=1S/C19H29NO4/c1-5-23-16(21)19(20,15-11-7-6-8-12-15)17(22)24-14-10-9-13-18(2,3)4/h6-8,11-12H,5,9-10,13-14,20H2,1-4H3. The van der Waals surface area contributed by atoms with Crippen molar-refractivity contribution in [2.45, 2.75) is 52.5 Å². The van der Waals surface area contributed by atoms with E-state index >= 15 is 0 Å². The summed E-state index contributed by atoms with van der Waals surface area (Å²) in [5, 5.41) is 0. The zero-order valence-corrected chi connectivity index (χ0v) is 15.1. The van der Waals surface area contributed by atoms with E-state index < -0.39 is 17.5 Å². The molecule has 0 radical (unpaired) electrons. The van der Waals surface area contributed by atoms with Crippen LogP contribution in [0.5, 0.6) is 0 Å². The molecular formula is C19H29NO4. The van der Waals surface area contributed by atoms with E-state index in [4.69, 9.17) is 15.2 Å². The lowest BCUT2D eigenvalue weighted by Gasteiger charge is -2.25. The third kappa shape index (κ3) is 5.64. The first-order valence-electron chi connectivity index (χ1n) is 8.40. The van der Waals surface area contributed by atoms with E-state index in [1.807, 2.05) is 0 Å². The molecule has 1 aromatic carbocycles. The van der Waals surface area contributed by atoms with Crippen LogP contribution in [0.2, 0.25) is 0 Å². The smallest absolute Gasteiger partial charge is 0.342 e. The Morgan fingerprint density at radius 1 is 1.00 bits per heavy atom. The Labute approximate surface area is 144 Å². The van der Waals surface area contributed by atoms with E-state index in [0.29, 0.717) is 5.56 Å². The molecule has 0 saturated heterocycles. The van der Waals surface area contributed by atoms with Gasteiger partial charge in [-0.1, -0.05) is 51.1 Å². The molecule has 1 aromatic rings. The topological polar surface area (TPSA) is 78.6 Å². The maximum absolute atomic E-state index is 12.5. The average Bonchev–Trinajstić information content (AvgIpc) is 2.53. The van der Waals surface area contributed by atoms with Gasteiger partial charge in [-0.05, 0) is 37.2 Å². The maximum Gasteiger partial charge on any atom is 0.342 e. The first-order valence-corrected chi connectivity index (χ1v) is 8.40. The van der Waals surface area contributed by atoms with Crippen LogP contribution in [0.15, 0.2) is 30.3 Å². The van der Waals surface area contributed by atoms with Gasteiger partial charge in [-0.3, -0.25) is 0 Å². The predicted molar refractivity (Wildman–Crippen MR) is 93.2 cm³/mol. The molecule has 1 unspecified atom stereocenters. The number of hydrogen-bond acceptors (Lipinski definition) is 5. The van der Waals surface area contributed by atoms with Gasteiger partial charge in [-0.2, -0.15) is 0 Å². The van der Waals surface area contributed by atoms with Crippen LogP contribution in [0.3, 0.4) is 0 Å². The molecule has 0 fully saturated rings. The molecule has 0 heterocycles. The third-order valence-electron chi connectivity index (χ3n) is 3.70. The normalized spacial score (nSPS) is 13.9. The summed E-state index contributed by atoms with van der Waals surface area (Å²) in [6.07, 6.45) is 2.71. The van der Waals surface area contributed by atoms with Crippen molar-refractivity contribution in [2.24, 2.45) is 11.1 Å². The molecule has 0 spiro atoms. The van der Waals surface area contributed by atoms with Crippen LogP contribution in [-0.4, -0.2) is 25.2 Å². The minimum Gasteiger partial charge on any atom is -0.464 e. The van der Waals surface area contributed by atoms with Crippen molar-refractivity contribution in [1.29, 1.82) is 0 Å². The number of ether oxygens (including phenoxy) is 2. The highest BCUT2D eigenvalue weighted by molar-refractivity contribution is 6.05. The van der Waals surface area contributed by atoms with Gasteiger partial charge >= 0.3 is 11.9 Å². The van der Waals surface area contributed by atoms with Gasteiger partial charge in [0.25, 0.3) is 0 Å². The summed E-state index contributed by atoms with van der Waals surface area (Å²) in [7, 11) is 0. The highest BCUT2D eigenvalue weighted by atomic mass is 16.6. The van der Waals surface area contributed by atoms with Gasteiger partial charge in [0.2, 0.25) is 5.54 Å². The second-order valence-corrected chi connectivity index (χ2v) is 7.05. The number of rotatable bonds is 8. The van der Waals surface area contributed by atoms with Gasteiger partial charge in [-0.25, -0.2) is 9.59 Å². The Bertz CT molecular complexity index is 536. The lowest BCUT2D eigenvalue weighted by molar-refractivity contribution is -0.165. The lowest BCUT2D eigenvalue weighted by atomic mass is 9.90. The SMILES string of the molecule is CCOC(=O)C(N)(C(=O)OCCCCC(C)(C)C)c1ccccc1. The second-order valence-electron chi connectivity index (χ2n) is 7.05. The van der Waals surface area contributed by atoms with E-state index in [1.165, 1.54) is 0 Å². The number of benzene rings is 1. The average molecular weight is 335 g/mol. The number of hydrogen-bond donors (Lipinski definition) is 1. The van der Waals surface area contributed by atoms with Crippen molar-refractivity contribution < 1.29 is 19.1 Å². The highest BCUT2D eigenvalue weighted by Gasteiger charge is 2.47. The van der Waals surface area contributed by atoms with E-state index in [-0.39, 0.29) is 18.6 Å². The molecule has 2 N–H and O–H groups in total. The molecule has 134 valence electrons. The third-order valence-corrected chi connectivity index (χ3v) is 3.70. The number of nitrogens with two attached hydrogens (primary N) is 1. The zero-order chi connectivity index (χ0) is 18.2. The summed E-state index contributed by atoms with van der Waals surface area (Å²) in [4.78, 5) is 24.8. The van der Waals surface area contributed by atoms with Crippen LogP contribution >= 0.6 is 0 Å². The monoisotopic (exact) mass is 335 g/mol. The molecule has 0 aromatic heterocycles. The van der Waals surface area contributed by atoms with E-state index in [0.717, 1.165) is 19.3 Å². The minimum atomic E-state index is -1.93. The first kappa shape index (κ1) is 20.2. The molecule has 5 nitrogen and oxygen atoms in total. The molecule has 0 aliphatic rings. The fraction of sp³-hybridized carbons (Fsp3) is 0.579. The molecule has 0 aliphatic carbocycles. The molecule has 5 heteroatoms. The minimum absolute atomic E-state index is 0.142. The summed E-state index contributed by atoms with van der Waals surface area (Å²) < 4.78 is 10.3. The summed E-state index contributed by atoms with van der Waals surface area (Å²) in [6, 6.07) is 8.46. The van der Waals surface area contributed by atoms with Gasteiger partial charge in [0, 0.05) is 0 Å². The van der Waals surface area contributed by atoms with Gasteiger partial charge in [0.05, 0.1) is 13.2 Å². The first-order chi connectivity index (χ1) is 11.2. The number of carbonyl (C=O) groups is 2. The summed E-state index contributed by atoms with van der Waals surface area (Å²) in [5.41, 5.74) is 4.81. The van der Waals surface area contributed by atoms with Gasteiger partial charge < -0.3 is 15.2 Å². The number of esters is 2. The Kier molecular flexibility index (Phi) is 7.42. The van der Waals surface area contributed by atoms with E-state index in [2.05, 4.69) is 20.8 Å². The van der Waals surface area contributed by atoms with Crippen LogP contribution in [0.1, 0.15) is 52.5 Å². The van der Waals surface area contributed by atoms with Crippen molar-refractivity contribution in [3.8, 4) is 0 Å². The van der Waals surface area contributed by atoms with Crippen LogP contribution in [0.4, 0.5) is 0 Å². The van der Waals surface area contributed by atoms with Crippen molar-refractivity contribution in [3.05, 3.63) is 35.9 Å². The molecule has 24 heavy (non-hydrogen) atoms. The molecule has 0 aliphatic heterocycles. The second kappa shape index (κ2) is 8.83. The summed E-state index contributed by atoms with van der Waals surface area (Å²) >= 11 is 0. The van der Waals surface area contributed by atoms with Crippen molar-refractivity contribution in [1.82, 2.24) is 0 Å². The van der Waals surface area contributed by atoms with Crippen LogP contribution in [0, 0.1) is 5.41 Å². The Balaban J connectivity index is 2.74. The fourth-order valence-electron chi connectivity index (χ4n) is 2.30. The molecular weight excluding hydrogens is 306 g/mol. The zero-order valence-electron chi connectivity index (χ0n) is 15.1. The highest BCUT2D eigenvalue weighted by Crippen LogP contribution is 2.23. The Morgan fingerprint density at radius 3 is 2.12 bits per heavy atom. The van der Waals surface area contributed by atoms with E-state index in [9.17, 15) is 9.59 Å². The summed E-state index contributed by atoms with van der Waals surface area (Å²) in [6.45, 7) is 8.55. The van der Waals surface area contributed by atoms with Crippen LogP contribution in [0.25, 0.3) is 0 Å². The Hall–Kier alpha value is -1.88. The Morgan fingerprint density at radius 2 is 1.58 bits per heavy atom. The van der Waals surface area contributed by atoms with Crippen LogP contribution in [-0.2, 0) is 24.6 Å². The predicted octanol–water partition coefficient (Wildman–Crippen LogP) is 3.16. The molecule has 0 saturated carbocycles. The molecule has 0 bridgehead atoms. The summed E-state index contributed by atoms with van der Waals surface area (Å²) in [5.74, 6) is -1.57. The van der Waals surface area contributed by atoms with Crippen molar-refractivity contribution in [2.75, 3.05) is 13.2 Å². The van der Waals surface area contributed by atoms with Gasteiger partial charge in [-0.15, -0.1) is 0 Å². The maximum atomic E-state index is 12.5. The van der Waals surface area contributed by atoms with Gasteiger partial charge in [0.1, 0.15) is 0 Å². The molecule has 1 atom stereocenters. The largest absolute Gasteiger partial charge is 0.464 e. The van der Waals surface area contributed by atoms with Crippen molar-refractivity contribution in [3.63, 3.8) is 0 Å². The number of carbonyl (C=O) groups excluding carboxylic acids is 2. The van der Waals surface area contributed by atoms with E-state index in [1.54, 1.807) is 37.3 Å². The van der Waals surface area contributed by atoms with Crippen LogP contribution < -0.4 is 5.73 Å². The fourth-order valence-corrected chi connectivity index (χ4v) is 2.30.